The Bertz CT molecular complexity index is 522. The number of amides is 2. The molecule has 1 atom stereocenters. The van der Waals surface area contributed by atoms with E-state index in [1.54, 1.807) is 25.9 Å². The molecule has 7 heteroatoms. The van der Waals surface area contributed by atoms with Gasteiger partial charge in [0.25, 0.3) is 0 Å². The predicted octanol–water partition coefficient (Wildman–Crippen LogP) is 0.660. The molecule has 0 bridgehead atoms. The van der Waals surface area contributed by atoms with Crippen molar-refractivity contribution in [3.63, 3.8) is 0 Å². The van der Waals surface area contributed by atoms with Crippen LogP contribution in [0.4, 0.5) is 15.8 Å². The van der Waals surface area contributed by atoms with E-state index < -0.39 is 5.82 Å². The van der Waals surface area contributed by atoms with Crippen molar-refractivity contribution in [3.8, 4) is 0 Å². The number of carbonyl (C=O) groups is 2. The molecule has 1 aromatic carbocycles. The fourth-order valence-electron chi connectivity index (χ4n) is 1.93. The van der Waals surface area contributed by atoms with Crippen LogP contribution in [0.1, 0.15) is 6.92 Å². The van der Waals surface area contributed by atoms with Crippen molar-refractivity contribution in [1.29, 1.82) is 0 Å². The maximum Gasteiger partial charge on any atom is 0.238 e. The smallest absolute Gasteiger partial charge is 0.238 e. The Balaban J connectivity index is 2.53. The van der Waals surface area contributed by atoms with Crippen molar-refractivity contribution in [1.82, 2.24) is 10.2 Å². The zero-order valence-electron chi connectivity index (χ0n) is 12.4. The van der Waals surface area contributed by atoms with Gasteiger partial charge in [-0.15, -0.1) is 0 Å². The van der Waals surface area contributed by atoms with Crippen LogP contribution in [0.5, 0.6) is 0 Å². The number of halogens is 1. The monoisotopic (exact) mass is 296 g/mol. The third-order valence-corrected chi connectivity index (χ3v) is 2.96. The molecule has 21 heavy (non-hydrogen) atoms. The molecule has 0 aliphatic heterocycles. The fourth-order valence-corrected chi connectivity index (χ4v) is 1.93. The molecule has 2 amide bonds. The summed E-state index contributed by atoms with van der Waals surface area (Å²) in [6.07, 6.45) is 0. The van der Waals surface area contributed by atoms with Crippen LogP contribution in [-0.2, 0) is 9.59 Å². The molecule has 0 saturated heterocycles. The number of anilines is 2. The lowest BCUT2D eigenvalue weighted by Gasteiger charge is -2.20. The van der Waals surface area contributed by atoms with E-state index in [9.17, 15) is 14.0 Å². The van der Waals surface area contributed by atoms with E-state index in [1.165, 1.54) is 18.2 Å². The second-order valence-corrected chi connectivity index (χ2v) is 5.00. The minimum Gasteiger partial charge on any atom is -0.399 e. The molecule has 1 rings (SSSR count). The van der Waals surface area contributed by atoms with Gasteiger partial charge in [-0.1, -0.05) is 6.92 Å². The number of likely N-dealkylation sites (N-methyl/N-ethyl adjacent to an activating group) is 1. The standard InChI is InChI=1S/C14H21FN4O2/c1-9(14(21)17-2)7-19(3)8-13(20)18-12-6-10(16)4-5-11(12)15/h4-6,9H,7-8,16H2,1-3H3,(H,17,21)(H,18,20). The lowest BCUT2D eigenvalue weighted by atomic mass is 10.1. The van der Waals surface area contributed by atoms with Gasteiger partial charge in [-0.3, -0.25) is 14.5 Å². The molecule has 0 aliphatic carbocycles. The predicted molar refractivity (Wildman–Crippen MR) is 80.2 cm³/mol. The van der Waals surface area contributed by atoms with Crippen LogP contribution in [0.25, 0.3) is 0 Å². The van der Waals surface area contributed by atoms with Crippen molar-refractivity contribution >= 4 is 23.2 Å². The van der Waals surface area contributed by atoms with Crippen LogP contribution in [0.15, 0.2) is 18.2 Å². The van der Waals surface area contributed by atoms with Gasteiger partial charge < -0.3 is 16.4 Å². The first-order valence-electron chi connectivity index (χ1n) is 6.58. The molecule has 116 valence electrons. The van der Waals surface area contributed by atoms with Crippen molar-refractivity contribution in [3.05, 3.63) is 24.0 Å². The maximum atomic E-state index is 13.5. The van der Waals surface area contributed by atoms with Gasteiger partial charge in [0.1, 0.15) is 5.82 Å². The zero-order chi connectivity index (χ0) is 16.0. The summed E-state index contributed by atoms with van der Waals surface area (Å²) in [6.45, 7) is 2.24. The van der Waals surface area contributed by atoms with E-state index in [4.69, 9.17) is 5.73 Å². The van der Waals surface area contributed by atoms with Crippen molar-refractivity contribution in [2.75, 3.05) is 38.2 Å². The van der Waals surface area contributed by atoms with Crippen molar-refractivity contribution < 1.29 is 14.0 Å². The highest BCUT2D eigenvalue weighted by Gasteiger charge is 2.16. The first-order valence-corrected chi connectivity index (χ1v) is 6.58. The molecular weight excluding hydrogens is 275 g/mol. The second-order valence-electron chi connectivity index (χ2n) is 5.00. The number of nitrogen functional groups attached to an aromatic ring is 1. The SMILES string of the molecule is CNC(=O)C(C)CN(C)CC(=O)Nc1cc(N)ccc1F. The van der Waals surface area contributed by atoms with Crippen LogP contribution in [0.3, 0.4) is 0 Å². The summed E-state index contributed by atoms with van der Waals surface area (Å²) in [5.74, 6) is -1.24. The number of nitrogens with one attached hydrogen (secondary N) is 2. The van der Waals surface area contributed by atoms with Crippen molar-refractivity contribution in [2.45, 2.75) is 6.92 Å². The number of nitrogens with zero attached hydrogens (tertiary/aromatic N) is 1. The molecule has 4 N–H and O–H groups in total. The minimum atomic E-state index is -0.543. The highest BCUT2D eigenvalue weighted by atomic mass is 19.1. The van der Waals surface area contributed by atoms with E-state index in [1.807, 2.05) is 0 Å². The molecule has 1 aromatic rings. The summed E-state index contributed by atoms with van der Waals surface area (Å²) in [5, 5.41) is 5.01. The molecule has 6 nitrogen and oxygen atoms in total. The Labute approximate surface area is 123 Å². The molecule has 1 unspecified atom stereocenters. The van der Waals surface area contributed by atoms with Gasteiger partial charge in [-0.2, -0.15) is 0 Å². The third-order valence-electron chi connectivity index (χ3n) is 2.96. The van der Waals surface area contributed by atoms with Gasteiger partial charge in [-0.05, 0) is 25.2 Å². The van der Waals surface area contributed by atoms with Gasteiger partial charge in [0.05, 0.1) is 12.2 Å². The Morgan fingerprint density at radius 1 is 1.43 bits per heavy atom. The number of hydrogen-bond donors (Lipinski definition) is 3. The number of benzene rings is 1. The number of rotatable bonds is 6. The highest BCUT2D eigenvalue weighted by molar-refractivity contribution is 5.92. The molecule has 0 saturated carbocycles. The van der Waals surface area contributed by atoms with Crippen molar-refractivity contribution in [2.24, 2.45) is 5.92 Å². The second kappa shape index (κ2) is 7.58. The molecule has 0 fully saturated rings. The molecule has 0 radical (unpaired) electrons. The molecule has 0 spiro atoms. The van der Waals surface area contributed by atoms with E-state index in [0.717, 1.165) is 0 Å². The lowest BCUT2D eigenvalue weighted by molar-refractivity contribution is -0.125. The van der Waals surface area contributed by atoms with Crippen LogP contribution in [0, 0.1) is 11.7 Å². The average molecular weight is 296 g/mol. The van der Waals surface area contributed by atoms with E-state index in [-0.39, 0.29) is 30.0 Å². The van der Waals surface area contributed by atoms with Gasteiger partial charge in [0, 0.05) is 25.2 Å². The van der Waals surface area contributed by atoms with Gasteiger partial charge >= 0.3 is 0 Å². The summed E-state index contributed by atoms with van der Waals surface area (Å²) < 4.78 is 13.5. The van der Waals surface area contributed by atoms with E-state index in [2.05, 4.69) is 10.6 Å². The Hall–Kier alpha value is -2.15. The summed E-state index contributed by atoms with van der Waals surface area (Å²) >= 11 is 0. The third kappa shape index (κ3) is 5.39. The number of nitrogens with two attached hydrogens (primary N) is 1. The average Bonchev–Trinajstić information content (AvgIpc) is 2.41. The lowest BCUT2D eigenvalue weighted by Crippen LogP contribution is -2.38. The topological polar surface area (TPSA) is 87.5 Å². The maximum absolute atomic E-state index is 13.5. The fraction of sp³-hybridized carbons (Fsp3) is 0.429. The largest absolute Gasteiger partial charge is 0.399 e. The quantitative estimate of drug-likeness (QED) is 0.673. The minimum absolute atomic E-state index is 0.0488. The van der Waals surface area contributed by atoms with Gasteiger partial charge in [-0.25, -0.2) is 4.39 Å². The Morgan fingerprint density at radius 3 is 2.71 bits per heavy atom. The van der Waals surface area contributed by atoms with Crippen LogP contribution in [0.2, 0.25) is 0 Å². The molecule has 0 aromatic heterocycles. The highest BCUT2D eigenvalue weighted by Crippen LogP contribution is 2.17. The number of hydrogen-bond acceptors (Lipinski definition) is 4. The normalized spacial score (nSPS) is 12.0. The summed E-state index contributed by atoms with van der Waals surface area (Å²) in [7, 11) is 3.28. The van der Waals surface area contributed by atoms with Crippen LogP contribution in [-0.4, -0.2) is 43.9 Å². The first-order chi connectivity index (χ1) is 9.83. The molecule has 0 heterocycles. The summed E-state index contributed by atoms with van der Waals surface area (Å²) in [6, 6.07) is 3.98. The number of carbonyl (C=O) groups excluding carboxylic acids is 2. The summed E-state index contributed by atoms with van der Waals surface area (Å²) in [4.78, 5) is 24.9. The first kappa shape index (κ1) is 16.9. The van der Waals surface area contributed by atoms with Crippen LogP contribution >= 0.6 is 0 Å². The van der Waals surface area contributed by atoms with E-state index >= 15 is 0 Å². The molecular formula is C14H21FN4O2. The Morgan fingerprint density at radius 2 is 2.10 bits per heavy atom. The van der Waals surface area contributed by atoms with Gasteiger partial charge in [0.15, 0.2) is 0 Å². The molecule has 0 aliphatic rings. The van der Waals surface area contributed by atoms with Gasteiger partial charge in [0.2, 0.25) is 11.8 Å². The zero-order valence-corrected chi connectivity index (χ0v) is 12.4. The van der Waals surface area contributed by atoms with Crippen LogP contribution < -0.4 is 16.4 Å². The summed E-state index contributed by atoms with van der Waals surface area (Å²) in [5.41, 5.74) is 5.96. The van der Waals surface area contributed by atoms with E-state index in [0.29, 0.717) is 12.2 Å². The Kier molecular flexibility index (Phi) is 6.10.